The SMILES string of the molecule is Nc1ccc(F)c(F)c1Oc1ccc(Br)cc1F. The Morgan fingerprint density at radius 1 is 1.00 bits per heavy atom. The van der Waals surface area contributed by atoms with E-state index in [-0.39, 0.29) is 11.4 Å². The standard InChI is InChI=1S/C12H7BrF3NO/c13-6-1-4-10(8(15)5-6)18-12-9(17)3-2-7(14)11(12)16/h1-5H,17H2. The van der Waals surface area contributed by atoms with Crippen LogP contribution in [0.3, 0.4) is 0 Å². The van der Waals surface area contributed by atoms with Gasteiger partial charge in [-0.2, -0.15) is 4.39 Å². The summed E-state index contributed by atoms with van der Waals surface area (Å²) in [5, 5.41) is 0. The quantitative estimate of drug-likeness (QED) is 0.841. The fraction of sp³-hybridized carbons (Fsp3) is 0. The monoisotopic (exact) mass is 317 g/mol. The van der Waals surface area contributed by atoms with E-state index in [1.807, 2.05) is 0 Å². The maximum absolute atomic E-state index is 13.5. The molecular formula is C12H7BrF3NO. The van der Waals surface area contributed by atoms with Crippen LogP contribution < -0.4 is 10.5 Å². The molecule has 0 heterocycles. The number of rotatable bonds is 2. The van der Waals surface area contributed by atoms with Crippen LogP contribution >= 0.6 is 15.9 Å². The highest BCUT2D eigenvalue weighted by Crippen LogP contribution is 2.33. The van der Waals surface area contributed by atoms with Gasteiger partial charge in [0.05, 0.1) is 5.69 Å². The van der Waals surface area contributed by atoms with Crippen molar-refractivity contribution in [2.45, 2.75) is 0 Å². The average molecular weight is 318 g/mol. The van der Waals surface area contributed by atoms with Crippen LogP contribution in [-0.4, -0.2) is 0 Å². The van der Waals surface area contributed by atoms with Gasteiger partial charge < -0.3 is 10.5 Å². The Bertz CT molecular complexity index is 604. The number of anilines is 1. The molecule has 0 aromatic heterocycles. The lowest BCUT2D eigenvalue weighted by Crippen LogP contribution is -1.99. The third kappa shape index (κ3) is 2.43. The van der Waals surface area contributed by atoms with E-state index in [9.17, 15) is 13.2 Å². The molecule has 0 unspecified atom stereocenters. The number of nitrogen functional groups attached to an aromatic ring is 1. The first-order chi connectivity index (χ1) is 8.49. The number of benzene rings is 2. The normalized spacial score (nSPS) is 10.4. The molecular weight excluding hydrogens is 311 g/mol. The van der Waals surface area contributed by atoms with Gasteiger partial charge in [-0.25, -0.2) is 8.78 Å². The van der Waals surface area contributed by atoms with Crippen molar-refractivity contribution in [3.63, 3.8) is 0 Å². The fourth-order valence-corrected chi connectivity index (χ4v) is 1.65. The predicted molar refractivity (Wildman–Crippen MR) is 64.9 cm³/mol. The van der Waals surface area contributed by atoms with Crippen molar-refractivity contribution >= 4 is 21.6 Å². The van der Waals surface area contributed by atoms with E-state index in [1.54, 1.807) is 0 Å². The Kier molecular flexibility index (Phi) is 3.47. The molecule has 94 valence electrons. The Balaban J connectivity index is 2.43. The van der Waals surface area contributed by atoms with Gasteiger partial charge in [0.15, 0.2) is 23.1 Å². The number of halogens is 4. The van der Waals surface area contributed by atoms with E-state index in [4.69, 9.17) is 10.5 Å². The van der Waals surface area contributed by atoms with Gasteiger partial charge in [-0.15, -0.1) is 0 Å². The van der Waals surface area contributed by atoms with Gasteiger partial charge in [0.25, 0.3) is 0 Å². The molecule has 0 aliphatic rings. The second-order valence-corrected chi connectivity index (χ2v) is 4.37. The maximum atomic E-state index is 13.5. The minimum atomic E-state index is -1.25. The number of hydrogen-bond donors (Lipinski definition) is 1. The summed E-state index contributed by atoms with van der Waals surface area (Å²) in [7, 11) is 0. The van der Waals surface area contributed by atoms with Crippen LogP contribution in [0.5, 0.6) is 11.5 Å². The molecule has 0 fully saturated rings. The molecule has 0 saturated heterocycles. The van der Waals surface area contributed by atoms with Crippen molar-refractivity contribution in [2.24, 2.45) is 0 Å². The van der Waals surface area contributed by atoms with Crippen LogP contribution in [-0.2, 0) is 0 Å². The van der Waals surface area contributed by atoms with Crippen molar-refractivity contribution < 1.29 is 17.9 Å². The van der Waals surface area contributed by atoms with Crippen molar-refractivity contribution in [1.29, 1.82) is 0 Å². The van der Waals surface area contributed by atoms with E-state index >= 15 is 0 Å². The highest BCUT2D eigenvalue weighted by atomic mass is 79.9. The lowest BCUT2D eigenvalue weighted by molar-refractivity contribution is 0.399. The van der Waals surface area contributed by atoms with Crippen LogP contribution in [0.15, 0.2) is 34.8 Å². The molecule has 0 saturated carbocycles. The molecule has 2 aromatic carbocycles. The molecule has 2 N–H and O–H groups in total. The summed E-state index contributed by atoms with van der Waals surface area (Å²) in [6.07, 6.45) is 0. The van der Waals surface area contributed by atoms with E-state index in [1.165, 1.54) is 12.1 Å². The first-order valence-corrected chi connectivity index (χ1v) is 5.64. The molecule has 6 heteroatoms. The molecule has 2 nitrogen and oxygen atoms in total. The second-order valence-electron chi connectivity index (χ2n) is 3.46. The van der Waals surface area contributed by atoms with Gasteiger partial charge in [-0.1, -0.05) is 15.9 Å². The molecule has 0 amide bonds. The number of nitrogens with two attached hydrogens (primary N) is 1. The Morgan fingerprint density at radius 3 is 2.39 bits per heavy atom. The van der Waals surface area contributed by atoms with Crippen LogP contribution in [0.2, 0.25) is 0 Å². The Hall–Kier alpha value is -1.69. The Labute approximate surface area is 109 Å². The highest BCUT2D eigenvalue weighted by molar-refractivity contribution is 9.10. The van der Waals surface area contributed by atoms with Crippen LogP contribution in [0.25, 0.3) is 0 Å². The number of ether oxygens (including phenoxy) is 1. The molecule has 0 atom stereocenters. The number of hydrogen-bond acceptors (Lipinski definition) is 2. The Morgan fingerprint density at radius 2 is 1.72 bits per heavy atom. The van der Waals surface area contributed by atoms with E-state index in [0.29, 0.717) is 4.47 Å². The lowest BCUT2D eigenvalue weighted by Gasteiger charge is -2.10. The third-order valence-electron chi connectivity index (χ3n) is 2.19. The van der Waals surface area contributed by atoms with E-state index in [2.05, 4.69) is 15.9 Å². The first kappa shape index (κ1) is 12.8. The molecule has 0 spiro atoms. The molecule has 2 aromatic rings. The van der Waals surface area contributed by atoms with Gasteiger partial charge in [0.2, 0.25) is 5.82 Å². The molecule has 0 aliphatic carbocycles. The van der Waals surface area contributed by atoms with Crippen LogP contribution in [0.4, 0.5) is 18.9 Å². The maximum Gasteiger partial charge on any atom is 0.203 e. The van der Waals surface area contributed by atoms with Gasteiger partial charge >= 0.3 is 0 Å². The topological polar surface area (TPSA) is 35.2 Å². The summed E-state index contributed by atoms with van der Waals surface area (Å²) >= 11 is 3.07. The van der Waals surface area contributed by atoms with Crippen LogP contribution in [0.1, 0.15) is 0 Å². The first-order valence-electron chi connectivity index (χ1n) is 4.85. The zero-order valence-corrected chi connectivity index (χ0v) is 10.5. The summed E-state index contributed by atoms with van der Waals surface area (Å²) < 4.78 is 45.4. The van der Waals surface area contributed by atoms with E-state index in [0.717, 1.165) is 18.2 Å². The van der Waals surface area contributed by atoms with Gasteiger partial charge in [-0.05, 0) is 30.3 Å². The largest absolute Gasteiger partial charge is 0.449 e. The third-order valence-corrected chi connectivity index (χ3v) is 2.68. The zero-order chi connectivity index (χ0) is 13.3. The average Bonchev–Trinajstić information content (AvgIpc) is 2.32. The highest BCUT2D eigenvalue weighted by Gasteiger charge is 2.16. The summed E-state index contributed by atoms with van der Waals surface area (Å²) in [5.41, 5.74) is 5.34. The minimum absolute atomic E-state index is 0.115. The summed E-state index contributed by atoms with van der Waals surface area (Å²) in [6.45, 7) is 0. The molecule has 0 bridgehead atoms. The fourth-order valence-electron chi connectivity index (χ4n) is 1.32. The molecule has 18 heavy (non-hydrogen) atoms. The second kappa shape index (κ2) is 4.89. The predicted octanol–water partition coefficient (Wildman–Crippen LogP) is 4.24. The molecule has 0 aliphatic heterocycles. The van der Waals surface area contributed by atoms with Crippen LogP contribution in [0, 0.1) is 17.5 Å². The molecule has 0 radical (unpaired) electrons. The molecule has 2 rings (SSSR count). The summed E-state index contributed by atoms with van der Waals surface area (Å²) in [6, 6.07) is 5.94. The summed E-state index contributed by atoms with van der Waals surface area (Å²) in [4.78, 5) is 0. The van der Waals surface area contributed by atoms with Gasteiger partial charge in [-0.3, -0.25) is 0 Å². The summed E-state index contributed by atoms with van der Waals surface area (Å²) in [5.74, 6) is -3.85. The zero-order valence-electron chi connectivity index (χ0n) is 8.88. The smallest absolute Gasteiger partial charge is 0.203 e. The van der Waals surface area contributed by atoms with E-state index < -0.39 is 23.2 Å². The van der Waals surface area contributed by atoms with Crippen molar-refractivity contribution in [2.75, 3.05) is 5.73 Å². The van der Waals surface area contributed by atoms with Gasteiger partial charge in [0, 0.05) is 4.47 Å². The van der Waals surface area contributed by atoms with Crippen molar-refractivity contribution in [3.05, 3.63) is 52.3 Å². The van der Waals surface area contributed by atoms with Crippen molar-refractivity contribution in [3.8, 4) is 11.5 Å². The van der Waals surface area contributed by atoms with Crippen molar-refractivity contribution in [1.82, 2.24) is 0 Å². The van der Waals surface area contributed by atoms with Gasteiger partial charge in [0.1, 0.15) is 0 Å². The lowest BCUT2D eigenvalue weighted by atomic mass is 10.2. The minimum Gasteiger partial charge on any atom is -0.449 e.